The summed E-state index contributed by atoms with van der Waals surface area (Å²) in [6, 6.07) is 8.00. The Morgan fingerprint density at radius 3 is 2.56 bits per heavy atom. The summed E-state index contributed by atoms with van der Waals surface area (Å²) in [6.07, 6.45) is 1.92. The summed E-state index contributed by atoms with van der Waals surface area (Å²) in [6.45, 7) is 8.67. The summed E-state index contributed by atoms with van der Waals surface area (Å²) >= 11 is 1.79. The van der Waals surface area contributed by atoms with Gasteiger partial charge in [-0.15, -0.1) is 11.3 Å². The number of nitrogens with zero attached hydrogens (tertiary/aromatic N) is 2. The molecular weight excluding hydrogens is 332 g/mol. The SMILES string of the molecule is CCNC(=NCc1ccc(OC)cc1)NCCc1nc(CC)c(C)s1. The maximum absolute atomic E-state index is 5.18. The van der Waals surface area contributed by atoms with E-state index in [0.29, 0.717) is 6.54 Å². The molecule has 5 nitrogen and oxygen atoms in total. The molecule has 2 rings (SSSR count). The number of benzene rings is 1. The van der Waals surface area contributed by atoms with Gasteiger partial charge in [-0.05, 0) is 38.0 Å². The van der Waals surface area contributed by atoms with Crippen LogP contribution in [0.2, 0.25) is 0 Å². The van der Waals surface area contributed by atoms with Gasteiger partial charge in [-0.1, -0.05) is 19.1 Å². The maximum atomic E-state index is 5.18. The van der Waals surface area contributed by atoms with Gasteiger partial charge in [0.2, 0.25) is 0 Å². The van der Waals surface area contributed by atoms with Crippen LogP contribution in [0.5, 0.6) is 5.75 Å². The third-order valence-corrected chi connectivity index (χ3v) is 4.90. The number of aromatic nitrogens is 1. The van der Waals surface area contributed by atoms with Crippen molar-refractivity contribution in [3.8, 4) is 5.75 Å². The molecule has 0 aliphatic heterocycles. The first-order valence-corrected chi connectivity index (χ1v) is 9.58. The molecule has 0 bridgehead atoms. The number of aryl methyl sites for hydroxylation is 2. The third-order valence-electron chi connectivity index (χ3n) is 3.83. The monoisotopic (exact) mass is 360 g/mol. The molecule has 0 spiro atoms. The van der Waals surface area contributed by atoms with E-state index in [0.717, 1.165) is 43.2 Å². The molecule has 0 atom stereocenters. The van der Waals surface area contributed by atoms with Crippen LogP contribution in [-0.4, -0.2) is 31.1 Å². The minimum atomic E-state index is 0.635. The van der Waals surface area contributed by atoms with Gasteiger partial charge in [-0.3, -0.25) is 0 Å². The quantitative estimate of drug-likeness (QED) is 0.560. The number of hydrogen-bond acceptors (Lipinski definition) is 4. The van der Waals surface area contributed by atoms with E-state index >= 15 is 0 Å². The smallest absolute Gasteiger partial charge is 0.191 e. The van der Waals surface area contributed by atoms with E-state index in [1.54, 1.807) is 18.4 Å². The van der Waals surface area contributed by atoms with Crippen molar-refractivity contribution in [1.29, 1.82) is 0 Å². The number of thiazole rings is 1. The van der Waals surface area contributed by atoms with Crippen molar-refractivity contribution < 1.29 is 4.74 Å². The highest BCUT2D eigenvalue weighted by Crippen LogP contribution is 2.18. The van der Waals surface area contributed by atoms with Crippen LogP contribution in [0.25, 0.3) is 0 Å². The first-order valence-electron chi connectivity index (χ1n) is 8.76. The summed E-state index contributed by atoms with van der Waals surface area (Å²) in [5, 5.41) is 7.86. The Balaban J connectivity index is 1.87. The molecule has 0 amide bonds. The predicted molar refractivity (Wildman–Crippen MR) is 106 cm³/mol. The summed E-state index contributed by atoms with van der Waals surface area (Å²) < 4.78 is 5.18. The van der Waals surface area contributed by atoms with Gasteiger partial charge in [0.15, 0.2) is 5.96 Å². The number of guanidine groups is 1. The highest BCUT2D eigenvalue weighted by Gasteiger charge is 2.06. The van der Waals surface area contributed by atoms with Crippen LogP contribution in [0.1, 0.15) is 35.0 Å². The summed E-state index contributed by atoms with van der Waals surface area (Å²) in [4.78, 5) is 10.7. The van der Waals surface area contributed by atoms with Crippen molar-refractivity contribution in [2.24, 2.45) is 4.99 Å². The van der Waals surface area contributed by atoms with Crippen LogP contribution in [0, 0.1) is 6.92 Å². The molecule has 2 aromatic rings. The van der Waals surface area contributed by atoms with Gasteiger partial charge in [0.25, 0.3) is 0 Å². The molecule has 1 heterocycles. The molecule has 25 heavy (non-hydrogen) atoms. The standard InChI is InChI=1S/C19H28N4OS/c1-5-17-14(3)25-18(23-17)11-12-21-19(20-6-2)22-13-15-7-9-16(24-4)10-8-15/h7-10H,5-6,11-13H2,1-4H3,(H2,20,21,22). The van der Waals surface area contributed by atoms with Crippen molar-refractivity contribution in [3.63, 3.8) is 0 Å². The minimum Gasteiger partial charge on any atom is -0.497 e. The number of methoxy groups -OCH3 is 1. The van der Waals surface area contributed by atoms with Crippen LogP contribution in [0.3, 0.4) is 0 Å². The van der Waals surface area contributed by atoms with E-state index < -0.39 is 0 Å². The number of rotatable bonds is 8. The summed E-state index contributed by atoms with van der Waals surface area (Å²) in [5.74, 6) is 1.70. The zero-order valence-corrected chi connectivity index (χ0v) is 16.4. The Labute approximate surface area is 154 Å². The minimum absolute atomic E-state index is 0.635. The fraction of sp³-hybridized carbons (Fsp3) is 0.474. The topological polar surface area (TPSA) is 58.5 Å². The molecule has 0 aliphatic carbocycles. The van der Waals surface area contributed by atoms with E-state index in [-0.39, 0.29) is 0 Å². The lowest BCUT2D eigenvalue weighted by Gasteiger charge is -2.10. The normalized spacial score (nSPS) is 11.4. The predicted octanol–water partition coefficient (Wildman–Crippen LogP) is 3.32. The maximum Gasteiger partial charge on any atom is 0.191 e. The van der Waals surface area contributed by atoms with Crippen LogP contribution in [0.15, 0.2) is 29.3 Å². The van der Waals surface area contributed by atoms with Crippen LogP contribution in [-0.2, 0) is 19.4 Å². The number of aliphatic imine (C=N–C) groups is 1. The van der Waals surface area contributed by atoms with Crippen molar-refractivity contribution in [1.82, 2.24) is 15.6 Å². The average Bonchev–Trinajstić information content (AvgIpc) is 2.99. The average molecular weight is 361 g/mol. The van der Waals surface area contributed by atoms with E-state index in [4.69, 9.17) is 4.74 Å². The Bertz CT molecular complexity index is 679. The van der Waals surface area contributed by atoms with Gasteiger partial charge >= 0.3 is 0 Å². The Kier molecular flexibility index (Phi) is 7.73. The molecule has 0 saturated heterocycles. The van der Waals surface area contributed by atoms with Crippen molar-refractivity contribution in [2.45, 2.75) is 40.2 Å². The van der Waals surface area contributed by atoms with Gasteiger partial charge in [0, 0.05) is 24.4 Å². The molecule has 1 aromatic carbocycles. The zero-order valence-electron chi connectivity index (χ0n) is 15.6. The van der Waals surface area contributed by atoms with Crippen LogP contribution >= 0.6 is 11.3 Å². The second-order valence-corrected chi connectivity index (χ2v) is 6.97. The molecule has 2 N–H and O–H groups in total. The van der Waals surface area contributed by atoms with Crippen molar-refractivity contribution >= 4 is 17.3 Å². The molecular formula is C19H28N4OS. The molecule has 0 radical (unpaired) electrons. The van der Waals surface area contributed by atoms with E-state index in [9.17, 15) is 0 Å². The molecule has 0 unspecified atom stereocenters. The second-order valence-electron chi connectivity index (χ2n) is 5.68. The molecule has 0 fully saturated rings. The van der Waals surface area contributed by atoms with Gasteiger partial charge in [-0.25, -0.2) is 9.98 Å². The van der Waals surface area contributed by atoms with Crippen molar-refractivity contribution in [3.05, 3.63) is 45.4 Å². The highest BCUT2D eigenvalue weighted by atomic mass is 32.1. The Morgan fingerprint density at radius 1 is 1.20 bits per heavy atom. The molecule has 1 aromatic heterocycles. The lowest BCUT2D eigenvalue weighted by atomic mass is 10.2. The van der Waals surface area contributed by atoms with Crippen molar-refractivity contribution in [2.75, 3.05) is 20.2 Å². The fourth-order valence-corrected chi connectivity index (χ4v) is 3.47. The number of hydrogen-bond donors (Lipinski definition) is 2. The molecule has 0 aliphatic rings. The highest BCUT2D eigenvalue weighted by molar-refractivity contribution is 7.11. The Morgan fingerprint density at radius 2 is 1.96 bits per heavy atom. The molecule has 0 saturated carbocycles. The van der Waals surface area contributed by atoms with Gasteiger partial charge < -0.3 is 15.4 Å². The number of nitrogens with one attached hydrogen (secondary N) is 2. The van der Waals surface area contributed by atoms with Gasteiger partial charge in [0.1, 0.15) is 5.75 Å². The summed E-state index contributed by atoms with van der Waals surface area (Å²) in [5.41, 5.74) is 2.38. The first kappa shape index (κ1) is 19.2. The van der Waals surface area contributed by atoms with E-state index in [1.807, 2.05) is 24.3 Å². The lowest BCUT2D eigenvalue weighted by Crippen LogP contribution is -2.38. The third kappa shape index (κ3) is 6.05. The van der Waals surface area contributed by atoms with Gasteiger partial charge in [-0.2, -0.15) is 0 Å². The molecule has 136 valence electrons. The molecule has 6 heteroatoms. The fourth-order valence-electron chi connectivity index (χ4n) is 2.45. The van der Waals surface area contributed by atoms with Gasteiger partial charge in [0.05, 0.1) is 24.4 Å². The Hall–Kier alpha value is -2.08. The van der Waals surface area contributed by atoms with Crippen LogP contribution < -0.4 is 15.4 Å². The largest absolute Gasteiger partial charge is 0.497 e. The number of ether oxygens (including phenoxy) is 1. The zero-order chi connectivity index (χ0) is 18.1. The lowest BCUT2D eigenvalue weighted by molar-refractivity contribution is 0.414. The first-order chi connectivity index (χ1) is 12.2. The van der Waals surface area contributed by atoms with E-state index in [1.165, 1.54) is 15.6 Å². The second kappa shape index (κ2) is 10.0. The van der Waals surface area contributed by atoms with Crippen LogP contribution in [0.4, 0.5) is 0 Å². The summed E-state index contributed by atoms with van der Waals surface area (Å²) in [7, 11) is 1.67. The van der Waals surface area contributed by atoms with E-state index in [2.05, 4.69) is 41.4 Å².